The van der Waals surface area contributed by atoms with E-state index in [-0.39, 0.29) is 24.4 Å². The van der Waals surface area contributed by atoms with Crippen molar-refractivity contribution >= 4 is 27.7 Å². The highest BCUT2D eigenvalue weighted by Gasteiger charge is 2.23. The number of hydrogen-bond donors (Lipinski definition) is 2. The Kier molecular flexibility index (Phi) is 7.80. The second-order valence-corrected chi connectivity index (χ2v) is 7.99. The molecule has 0 saturated carbocycles. The zero-order valence-electron chi connectivity index (χ0n) is 16.5. The number of amides is 2. The molecule has 0 aromatic heterocycles. The zero-order chi connectivity index (χ0) is 20.6. The molecule has 1 aliphatic rings. The largest absolute Gasteiger partial charge is 0.379 e. The smallest absolute Gasteiger partial charge is 0.251 e. The van der Waals surface area contributed by atoms with Gasteiger partial charge in [-0.25, -0.2) is 0 Å². The molecule has 1 atom stereocenters. The lowest BCUT2D eigenvalue weighted by Gasteiger charge is -2.35. The fraction of sp³-hybridized carbons (Fsp3) is 0.364. The summed E-state index contributed by atoms with van der Waals surface area (Å²) in [4.78, 5) is 26.9. The van der Waals surface area contributed by atoms with Gasteiger partial charge in [0, 0.05) is 29.7 Å². The standard InChI is InChI=1S/C22H26BrN3O3/c1-16-4-2-5-17(12-16)20(26-8-10-29-11-9-26)14-24-21(27)15-25-22(28)18-6-3-7-19(23)13-18/h2-7,12-13,20H,8-11,14-15H2,1H3,(H,24,27)(H,25,28). The van der Waals surface area contributed by atoms with Crippen LogP contribution in [0.1, 0.15) is 27.5 Å². The van der Waals surface area contributed by atoms with Crippen LogP contribution in [0.5, 0.6) is 0 Å². The maximum atomic E-state index is 12.4. The van der Waals surface area contributed by atoms with E-state index in [0.717, 1.165) is 17.6 Å². The first-order valence-corrected chi connectivity index (χ1v) is 10.5. The number of aryl methyl sites for hydroxylation is 1. The molecule has 0 spiro atoms. The number of morpholine rings is 1. The van der Waals surface area contributed by atoms with Gasteiger partial charge in [0.1, 0.15) is 0 Å². The Hall–Kier alpha value is -2.22. The van der Waals surface area contributed by atoms with Gasteiger partial charge in [0.25, 0.3) is 5.91 Å². The minimum Gasteiger partial charge on any atom is -0.379 e. The number of hydrogen-bond acceptors (Lipinski definition) is 4. The van der Waals surface area contributed by atoms with E-state index in [4.69, 9.17) is 4.74 Å². The van der Waals surface area contributed by atoms with Gasteiger partial charge in [0.2, 0.25) is 5.91 Å². The molecule has 1 heterocycles. The number of halogens is 1. The van der Waals surface area contributed by atoms with Crippen LogP contribution in [0.25, 0.3) is 0 Å². The predicted octanol–water partition coefficient (Wildman–Crippen LogP) is 2.68. The molecule has 1 fully saturated rings. The minimum absolute atomic E-state index is 0.0605. The van der Waals surface area contributed by atoms with Crippen molar-refractivity contribution in [2.24, 2.45) is 0 Å². The highest BCUT2D eigenvalue weighted by atomic mass is 79.9. The number of carbonyl (C=O) groups is 2. The van der Waals surface area contributed by atoms with Crippen LogP contribution in [-0.4, -0.2) is 56.1 Å². The second-order valence-electron chi connectivity index (χ2n) is 7.08. The maximum absolute atomic E-state index is 12.4. The van der Waals surface area contributed by atoms with Crippen LogP contribution in [0.2, 0.25) is 0 Å². The Morgan fingerprint density at radius 1 is 1.10 bits per heavy atom. The van der Waals surface area contributed by atoms with E-state index in [2.05, 4.69) is 56.6 Å². The van der Waals surface area contributed by atoms with Crippen LogP contribution in [0.15, 0.2) is 53.0 Å². The molecule has 2 aromatic carbocycles. The van der Waals surface area contributed by atoms with Crippen molar-refractivity contribution in [3.63, 3.8) is 0 Å². The van der Waals surface area contributed by atoms with E-state index in [1.165, 1.54) is 11.1 Å². The lowest BCUT2D eigenvalue weighted by Crippen LogP contribution is -2.45. The molecular formula is C22H26BrN3O3. The Bertz CT molecular complexity index is 853. The zero-order valence-corrected chi connectivity index (χ0v) is 18.1. The van der Waals surface area contributed by atoms with Gasteiger partial charge >= 0.3 is 0 Å². The Morgan fingerprint density at radius 2 is 1.86 bits per heavy atom. The Balaban J connectivity index is 1.57. The van der Waals surface area contributed by atoms with Gasteiger partial charge in [-0.1, -0.05) is 51.8 Å². The molecule has 0 aliphatic carbocycles. The first-order chi connectivity index (χ1) is 14.0. The quantitative estimate of drug-likeness (QED) is 0.667. The summed E-state index contributed by atoms with van der Waals surface area (Å²) in [5, 5.41) is 5.64. The average molecular weight is 460 g/mol. The summed E-state index contributed by atoms with van der Waals surface area (Å²) < 4.78 is 6.29. The lowest BCUT2D eigenvalue weighted by atomic mass is 10.0. The van der Waals surface area contributed by atoms with Crippen LogP contribution >= 0.6 is 15.9 Å². The fourth-order valence-electron chi connectivity index (χ4n) is 3.39. The molecule has 2 N–H and O–H groups in total. The Morgan fingerprint density at radius 3 is 2.59 bits per heavy atom. The van der Waals surface area contributed by atoms with Crippen LogP contribution in [0.3, 0.4) is 0 Å². The van der Waals surface area contributed by atoms with Crippen LogP contribution < -0.4 is 10.6 Å². The third-order valence-electron chi connectivity index (χ3n) is 4.90. The van der Waals surface area contributed by atoms with Gasteiger partial charge in [-0.3, -0.25) is 14.5 Å². The molecule has 0 bridgehead atoms. The van der Waals surface area contributed by atoms with E-state index < -0.39 is 0 Å². The number of rotatable bonds is 7. The van der Waals surface area contributed by atoms with Crippen molar-refractivity contribution in [2.75, 3.05) is 39.4 Å². The topological polar surface area (TPSA) is 70.7 Å². The summed E-state index contributed by atoms with van der Waals surface area (Å²) in [5.74, 6) is -0.482. The molecule has 0 radical (unpaired) electrons. The molecule has 6 nitrogen and oxygen atoms in total. The van der Waals surface area contributed by atoms with Gasteiger partial charge in [0.05, 0.1) is 25.8 Å². The molecule has 7 heteroatoms. The van der Waals surface area contributed by atoms with Gasteiger partial charge in [-0.05, 0) is 30.7 Å². The number of carbonyl (C=O) groups excluding carboxylic acids is 2. The highest BCUT2D eigenvalue weighted by Crippen LogP contribution is 2.22. The summed E-state index contributed by atoms with van der Waals surface area (Å²) >= 11 is 3.34. The molecule has 2 amide bonds. The van der Waals surface area contributed by atoms with Crippen molar-refractivity contribution in [3.05, 3.63) is 69.7 Å². The van der Waals surface area contributed by atoms with Gasteiger partial charge < -0.3 is 15.4 Å². The third kappa shape index (κ3) is 6.39. The third-order valence-corrected chi connectivity index (χ3v) is 5.40. The summed E-state index contributed by atoms with van der Waals surface area (Å²) in [6, 6.07) is 15.5. The van der Waals surface area contributed by atoms with Crippen molar-refractivity contribution in [1.29, 1.82) is 0 Å². The molecular weight excluding hydrogens is 434 g/mol. The van der Waals surface area contributed by atoms with E-state index in [1.807, 2.05) is 12.1 Å². The molecule has 154 valence electrons. The molecule has 29 heavy (non-hydrogen) atoms. The van der Waals surface area contributed by atoms with E-state index in [0.29, 0.717) is 25.3 Å². The normalized spacial score (nSPS) is 15.5. The lowest BCUT2D eigenvalue weighted by molar-refractivity contribution is -0.120. The summed E-state index contributed by atoms with van der Waals surface area (Å²) in [7, 11) is 0. The fourth-order valence-corrected chi connectivity index (χ4v) is 3.79. The number of ether oxygens (including phenoxy) is 1. The highest BCUT2D eigenvalue weighted by molar-refractivity contribution is 9.10. The molecule has 3 rings (SSSR count). The van der Waals surface area contributed by atoms with Crippen molar-refractivity contribution in [3.8, 4) is 0 Å². The first kappa shape index (κ1) is 21.5. The average Bonchev–Trinajstić information content (AvgIpc) is 2.73. The monoisotopic (exact) mass is 459 g/mol. The second kappa shape index (κ2) is 10.5. The van der Waals surface area contributed by atoms with Crippen molar-refractivity contribution in [1.82, 2.24) is 15.5 Å². The number of nitrogens with one attached hydrogen (secondary N) is 2. The Labute approximate surface area is 179 Å². The van der Waals surface area contributed by atoms with Crippen molar-refractivity contribution < 1.29 is 14.3 Å². The van der Waals surface area contributed by atoms with Crippen LogP contribution in [-0.2, 0) is 9.53 Å². The van der Waals surface area contributed by atoms with E-state index in [9.17, 15) is 9.59 Å². The van der Waals surface area contributed by atoms with Gasteiger partial charge in [-0.2, -0.15) is 0 Å². The summed E-state index contributed by atoms with van der Waals surface area (Å²) in [5.41, 5.74) is 2.87. The SMILES string of the molecule is Cc1cccc(C(CNC(=O)CNC(=O)c2cccc(Br)c2)N2CCOCC2)c1. The number of nitrogens with zero attached hydrogens (tertiary/aromatic N) is 1. The number of benzene rings is 2. The molecule has 1 unspecified atom stereocenters. The van der Waals surface area contributed by atoms with E-state index in [1.54, 1.807) is 18.2 Å². The maximum Gasteiger partial charge on any atom is 0.251 e. The first-order valence-electron chi connectivity index (χ1n) is 9.72. The minimum atomic E-state index is -0.273. The van der Waals surface area contributed by atoms with Crippen LogP contribution in [0, 0.1) is 6.92 Å². The van der Waals surface area contributed by atoms with Gasteiger partial charge in [0.15, 0.2) is 0 Å². The van der Waals surface area contributed by atoms with Gasteiger partial charge in [-0.15, -0.1) is 0 Å². The van der Waals surface area contributed by atoms with Crippen molar-refractivity contribution in [2.45, 2.75) is 13.0 Å². The molecule has 2 aromatic rings. The van der Waals surface area contributed by atoms with Crippen LogP contribution in [0.4, 0.5) is 0 Å². The molecule has 1 aliphatic heterocycles. The van der Waals surface area contributed by atoms with E-state index >= 15 is 0 Å². The summed E-state index contributed by atoms with van der Waals surface area (Å²) in [6.07, 6.45) is 0. The molecule has 1 saturated heterocycles. The predicted molar refractivity (Wildman–Crippen MR) is 116 cm³/mol. The summed E-state index contributed by atoms with van der Waals surface area (Å²) in [6.45, 7) is 5.53.